The van der Waals surface area contributed by atoms with Gasteiger partial charge in [0.2, 0.25) is 53.2 Å². The molecule has 0 aliphatic carbocycles. The number of aromatic nitrogens is 2. The highest BCUT2D eigenvalue weighted by Gasteiger charge is 2.40. The summed E-state index contributed by atoms with van der Waals surface area (Å²) >= 11 is 0. The summed E-state index contributed by atoms with van der Waals surface area (Å²) in [6, 6.07) is -9.98. The number of hydrogen-bond acceptors (Lipinski definition) is 20. The van der Waals surface area contributed by atoms with Crippen molar-refractivity contribution in [1.29, 1.82) is 0 Å². The van der Waals surface area contributed by atoms with Crippen molar-refractivity contribution in [2.75, 3.05) is 65.4 Å². The number of unbranched alkanes of at least 4 members (excludes halogenated alkanes) is 4. The van der Waals surface area contributed by atoms with Crippen LogP contribution in [0.25, 0.3) is 0 Å². The zero-order valence-corrected chi connectivity index (χ0v) is 50.5. The summed E-state index contributed by atoms with van der Waals surface area (Å²) in [6.07, 6.45) is 8.52. The van der Waals surface area contributed by atoms with Crippen LogP contribution in [0.5, 0.6) is 0 Å². The van der Waals surface area contributed by atoms with Crippen LogP contribution in [0, 0.1) is 0 Å². The number of nitrogens with two attached hydrogens (primary N) is 9. The molecule has 2 rings (SSSR count). The summed E-state index contributed by atoms with van der Waals surface area (Å²) in [6.45, 7) is 2.21. The molecule has 1 saturated heterocycles. The van der Waals surface area contributed by atoms with Crippen molar-refractivity contribution < 1.29 is 53.1 Å². The first-order valence-electron chi connectivity index (χ1n) is 29.9. The molecule has 1 fully saturated rings. The van der Waals surface area contributed by atoms with Gasteiger partial charge in [0.05, 0.1) is 30.7 Å². The molecule has 9 atom stereocenters. The minimum atomic E-state index is -1.57. The maximum Gasteiger partial charge on any atom is 0.268 e. The topological polar surface area (TPSA) is 567 Å². The number of carbonyl (C=O) groups excluding carboxylic acids is 10. The number of hydrogen-bond donors (Lipinski definition) is 19. The highest BCUT2D eigenvalue weighted by atomic mass is 16.3. The second-order valence-electron chi connectivity index (χ2n) is 21.3. The quantitative estimate of drug-likeness (QED) is 0.0125. The van der Waals surface area contributed by atoms with Gasteiger partial charge in [-0.1, -0.05) is 12.5 Å². The number of guanidine groups is 1. The third kappa shape index (κ3) is 28.8. The standard InChI is InChI=1S/C54H100N22O11/c1-33(68-52(86)44(42(77)29-60)74-46(80)35(61)14-3-6-20-55)45(79)66-30-43(78)69-39(17-11-24-59)53(87)76-27-13-19-41(76)51(85)73-40(28-34-31-75(2)32-67-34)50(84)72-37(16-5-8-22-57)48(82)71-38(18-12-26-65-54(62)63)49(83)70-36(15-4-7-21-56)47(81)64-25-10-9-23-58/h18,31-33,35-37,39-42,44,77H,3-17,19-30,55-61H2,1-2H3,(H,64,81)(H,66,79)(H,68,86)(H,69,78)(H,70,83)(H,71,82)(H,72,84)(H,73,85)(H,74,80)(H4,62,63,65)/b38-18-/t33-,35-,36-,37-,39+,40-,41-,42-,44-/m0/s1. The summed E-state index contributed by atoms with van der Waals surface area (Å²) < 4.78 is 1.63. The lowest BCUT2D eigenvalue weighted by molar-refractivity contribution is -0.142. The van der Waals surface area contributed by atoms with Crippen LogP contribution in [0.15, 0.2) is 29.3 Å². The lowest BCUT2D eigenvalue weighted by Gasteiger charge is -2.30. The summed E-state index contributed by atoms with van der Waals surface area (Å²) in [7, 11) is 1.71. The number of imidazole rings is 1. The number of aliphatic imine (C=N–C) groups is 1. The predicted molar refractivity (Wildman–Crippen MR) is 325 cm³/mol. The highest BCUT2D eigenvalue weighted by Crippen LogP contribution is 2.21. The lowest BCUT2D eigenvalue weighted by Crippen LogP contribution is -2.60. The molecule has 33 heteroatoms. The Bertz CT molecular complexity index is 2410. The number of amides is 10. The number of aryl methyl sites for hydroxylation is 1. The fraction of sp³-hybridized carbons (Fsp3) is 0.704. The molecule has 2 heterocycles. The molecule has 1 aromatic heterocycles. The minimum Gasteiger partial charge on any atom is -0.389 e. The van der Waals surface area contributed by atoms with Crippen molar-refractivity contribution >= 4 is 65.0 Å². The molecule has 0 aromatic carbocycles. The van der Waals surface area contributed by atoms with Gasteiger partial charge in [-0.2, -0.15) is 0 Å². The van der Waals surface area contributed by atoms with Gasteiger partial charge in [0.1, 0.15) is 48.0 Å². The number of nitrogens with one attached hydrogen (secondary N) is 9. The Hall–Kier alpha value is -7.40. The Morgan fingerprint density at radius 1 is 0.678 bits per heavy atom. The zero-order valence-electron chi connectivity index (χ0n) is 50.5. The van der Waals surface area contributed by atoms with E-state index in [9.17, 15) is 53.1 Å². The predicted octanol–water partition coefficient (Wildman–Crippen LogP) is -7.71. The summed E-state index contributed by atoms with van der Waals surface area (Å²) in [5.41, 5.74) is 51.2. The van der Waals surface area contributed by atoms with Crippen molar-refractivity contribution in [3.63, 3.8) is 0 Å². The average Bonchev–Trinajstić information content (AvgIpc) is 4.39. The van der Waals surface area contributed by atoms with Crippen LogP contribution >= 0.6 is 0 Å². The van der Waals surface area contributed by atoms with E-state index in [1.165, 1.54) is 24.2 Å². The summed E-state index contributed by atoms with van der Waals surface area (Å²) in [5.74, 6) is -7.81. The van der Waals surface area contributed by atoms with Gasteiger partial charge in [0.15, 0.2) is 5.96 Å². The summed E-state index contributed by atoms with van der Waals surface area (Å²) in [4.78, 5) is 147. The first-order valence-corrected chi connectivity index (χ1v) is 29.9. The number of likely N-dealkylation sites (tertiary alicyclic amines) is 1. The molecule has 0 saturated carbocycles. The van der Waals surface area contributed by atoms with E-state index in [1.54, 1.807) is 17.8 Å². The highest BCUT2D eigenvalue weighted by molar-refractivity contribution is 6.02. The van der Waals surface area contributed by atoms with Crippen molar-refractivity contribution in [1.82, 2.24) is 62.3 Å². The van der Waals surface area contributed by atoms with Crippen LogP contribution < -0.4 is 99.5 Å². The SMILES string of the molecule is C[C@H](NC(=O)[C@@H](NC(=O)[C@@H](N)CCCCN)[C@@H](O)CN)C(=O)NCC(=O)N[C@H](CCCN)C(=O)N1CCC[C@H]1C(=O)N[C@@H](Cc1cn(C)cn1)C(=O)N[C@@H](CCCCN)C(=O)N/C(=C\CCN=C(N)N)C(=O)N[C@@H](CCCCN)C(=O)NCCCCN. The Balaban J connectivity index is 2.36. The van der Waals surface area contributed by atoms with Crippen molar-refractivity contribution in [3.05, 3.63) is 30.0 Å². The van der Waals surface area contributed by atoms with Gasteiger partial charge in [-0.25, -0.2) is 4.98 Å². The molecule has 1 aliphatic rings. The van der Waals surface area contributed by atoms with Crippen molar-refractivity contribution in [2.24, 2.45) is 63.6 Å². The van der Waals surface area contributed by atoms with E-state index in [1.807, 2.05) is 0 Å². The first kappa shape index (κ1) is 75.7. The smallest absolute Gasteiger partial charge is 0.268 e. The van der Waals surface area contributed by atoms with Gasteiger partial charge >= 0.3 is 0 Å². The Kier molecular flexibility index (Phi) is 36.9. The van der Waals surface area contributed by atoms with Gasteiger partial charge in [-0.05, 0) is 136 Å². The molecule has 28 N–H and O–H groups in total. The Labute approximate surface area is 508 Å². The molecule has 0 unspecified atom stereocenters. The van der Waals surface area contributed by atoms with Crippen molar-refractivity contribution in [3.8, 4) is 0 Å². The molecular formula is C54H100N22O11. The maximum atomic E-state index is 14.6. The zero-order chi connectivity index (χ0) is 64.8. The maximum absolute atomic E-state index is 14.6. The van der Waals surface area contributed by atoms with E-state index in [2.05, 4.69) is 57.8 Å². The van der Waals surface area contributed by atoms with Gasteiger partial charge in [0.25, 0.3) is 5.91 Å². The first-order chi connectivity index (χ1) is 41.5. The van der Waals surface area contributed by atoms with E-state index in [0.717, 1.165) is 0 Å². The van der Waals surface area contributed by atoms with Crippen LogP contribution in [0.2, 0.25) is 0 Å². The monoisotopic (exact) mass is 1230 g/mol. The molecule has 87 heavy (non-hydrogen) atoms. The van der Waals surface area contributed by atoms with E-state index < -0.39 is 127 Å². The Morgan fingerprint density at radius 3 is 1.89 bits per heavy atom. The molecule has 1 aromatic rings. The average molecular weight is 1230 g/mol. The number of rotatable bonds is 44. The van der Waals surface area contributed by atoms with Crippen LogP contribution in [0.1, 0.15) is 115 Å². The van der Waals surface area contributed by atoms with Gasteiger partial charge in [-0.15, -0.1) is 0 Å². The van der Waals surface area contributed by atoms with E-state index in [4.69, 9.17) is 51.6 Å². The van der Waals surface area contributed by atoms with Crippen LogP contribution in [-0.4, -0.2) is 204 Å². The van der Waals surface area contributed by atoms with E-state index in [-0.39, 0.29) is 89.2 Å². The molecule has 0 bridgehead atoms. The van der Waals surface area contributed by atoms with E-state index >= 15 is 0 Å². The van der Waals surface area contributed by atoms with Gasteiger partial charge in [-0.3, -0.25) is 52.9 Å². The van der Waals surface area contributed by atoms with Crippen LogP contribution in [-0.2, 0) is 61.4 Å². The molecular weight excluding hydrogens is 1130 g/mol. The normalized spacial score (nSPS) is 15.9. The largest absolute Gasteiger partial charge is 0.389 e. The number of aliphatic hydroxyl groups excluding tert-OH is 1. The second kappa shape index (κ2) is 42.4. The number of nitrogens with zero attached hydrogens (tertiary/aromatic N) is 4. The number of carbonyl (C=O) groups is 10. The Morgan fingerprint density at radius 2 is 1.29 bits per heavy atom. The molecule has 10 amide bonds. The van der Waals surface area contributed by atoms with Crippen molar-refractivity contribution in [2.45, 2.75) is 171 Å². The number of aliphatic hydroxyl groups is 1. The third-order valence-corrected chi connectivity index (χ3v) is 14.0. The lowest BCUT2D eigenvalue weighted by atomic mass is 10.0. The fourth-order valence-electron chi connectivity index (χ4n) is 9.11. The molecule has 492 valence electrons. The molecule has 0 radical (unpaired) electrons. The van der Waals surface area contributed by atoms with E-state index in [0.29, 0.717) is 89.7 Å². The minimum absolute atomic E-state index is 0.0300. The van der Waals surface area contributed by atoms with Gasteiger partial charge < -0.3 is 114 Å². The molecule has 33 nitrogen and oxygen atoms in total. The molecule has 1 aliphatic heterocycles. The fourth-order valence-corrected chi connectivity index (χ4v) is 9.11. The van der Waals surface area contributed by atoms with Crippen LogP contribution in [0.3, 0.4) is 0 Å². The molecule has 0 spiro atoms. The second-order valence-corrected chi connectivity index (χ2v) is 21.3. The van der Waals surface area contributed by atoms with Gasteiger partial charge in [0, 0.05) is 45.8 Å². The van der Waals surface area contributed by atoms with Crippen LogP contribution in [0.4, 0.5) is 0 Å². The third-order valence-electron chi connectivity index (χ3n) is 14.0. The summed E-state index contributed by atoms with van der Waals surface area (Å²) in [5, 5.41) is 33.9.